The predicted molar refractivity (Wildman–Crippen MR) is 72.5 cm³/mol. The Kier molecular flexibility index (Phi) is 3.02. The third-order valence-electron chi connectivity index (χ3n) is 2.59. The molecule has 0 spiro atoms. The molecule has 18 heavy (non-hydrogen) atoms. The molecule has 0 aliphatic rings. The number of benzene rings is 1. The van der Waals surface area contributed by atoms with Crippen molar-refractivity contribution in [3.8, 4) is 0 Å². The normalized spacial score (nSPS) is 10.9. The van der Waals surface area contributed by atoms with Gasteiger partial charge in [0, 0.05) is 11.9 Å². The largest absolute Gasteiger partial charge is 0.431 e. The summed E-state index contributed by atoms with van der Waals surface area (Å²) in [5.41, 5.74) is 3.97. The molecule has 3 nitrogen and oxygen atoms in total. The van der Waals surface area contributed by atoms with Gasteiger partial charge < -0.3 is 4.42 Å². The van der Waals surface area contributed by atoms with Gasteiger partial charge in [0.2, 0.25) is 0 Å². The maximum absolute atomic E-state index is 5.67. The van der Waals surface area contributed by atoms with E-state index in [0.29, 0.717) is 5.22 Å². The molecule has 90 valence electrons. The van der Waals surface area contributed by atoms with E-state index in [4.69, 9.17) is 4.42 Å². The fourth-order valence-corrected chi connectivity index (χ4v) is 2.45. The number of fused-ring (bicyclic) bond motifs is 1. The summed E-state index contributed by atoms with van der Waals surface area (Å²) in [6.45, 7) is 2.05. The molecule has 1 aromatic carbocycles. The Bertz CT molecular complexity index is 664. The number of hydrogen-bond acceptors (Lipinski definition) is 4. The van der Waals surface area contributed by atoms with Gasteiger partial charge in [0.25, 0.3) is 5.22 Å². The molecule has 0 bridgehead atoms. The van der Waals surface area contributed by atoms with Crippen molar-refractivity contribution in [2.24, 2.45) is 0 Å². The van der Waals surface area contributed by atoms with Crippen molar-refractivity contribution in [1.29, 1.82) is 0 Å². The highest BCUT2D eigenvalue weighted by Gasteiger charge is 2.06. The lowest BCUT2D eigenvalue weighted by Gasteiger charge is -1.95. The summed E-state index contributed by atoms with van der Waals surface area (Å²) < 4.78 is 5.67. The maximum Gasteiger partial charge on any atom is 0.257 e. The van der Waals surface area contributed by atoms with Crippen LogP contribution in [0.4, 0.5) is 0 Å². The second kappa shape index (κ2) is 4.82. The summed E-state index contributed by atoms with van der Waals surface area (Å²) in [5.74, 6) is 0.770. The molecule has 2 heterocycles. The highest BCUT2D eigenvalue weighted by atomic mass is 32.2. The van der Waals surface area contributed by atoms with Crippen molar-refractivity contribution in [3.05, 3.63) is 53.9 Å². The second-order valence-corrected chi connectivity index (χ2v) is 4.99. The van der Waals surface area contributed by atoms with Crippen LogP contribution in [0.5, 0.6) is 0 Å². The monoisotopic (exact) mass is 256 g/mol. The highest BCUT2D eigenvalue weighted by Crippen LogP contribution is 2.26. The zero-order valence-corrected chi connectivity index (χ0v) is 10.8. The summed E-state index contributed by atoms with van der Waals surface area (Å²) in [6.07, 6.45) is 1.80. The molecule has 0 N–H and O–H groups in total. The molecule has 0 unspecified atom stereocenters. The Hall–Kier alpha value is -1.81. The topological polar surface area (TPSA) is 38.9 Å². The van der Waals surface area contributed by atoms with Gasteiger partial charge in [0.05, 0.1) is 5.69 Å². The average Bonchev–Trinajstić information content (AvgIpc) is 2.79. The van der Waals surface area contributed by atoms with Crippen LogP contribution in [0, 0.1) is 6.92 Å². The number of aryl methyl sites for hydroxylation is 1. The molecule has 3 aromatic rings. The predicted octanol–water partition coefficient (Wildman–Crippen LogP) is 3.82. The summed E-state index contributed by atoms with van der Waals surface area (Å²) in [6, 6.07) is 11.9. The Morgan fingerprint density at radius 2 is 2.17 bits per heavy atom. The lowest BCUT2D eigenvalue weighted by Crippen LogP contribution is -1.84. The van der Waals surface area contributed by atoms with Crippen LogP contribution in [0.15, 0.2) is 52.2 Å². The van der Waals surface area contributed by atoms with Crippen molar-refractivity contribution in [2.45, 2.75) is 17.9 Å². The van der Waals surface area contributed by atoms with Crippen LogP contribution in [0.1, 0.15) is 11.3 Å². The molecule has 0 saturated carbocycles. The lowest BCUT2D eigenvalue weighted by atomic mass is 10.2. The molecular weight excluding hydrogens is 244 g/mol. The van der Waals surface area contributed by atoms with Crippen molar-refractivity contribution >= 4 is 22.9 Å². The van der Waals surface area contributed by atoms with E-state index in [1.165, 1.54) is 5.56 Å². The fraction of sp³-hybridized carbons (Fsp3) is 0.143. The smallest absolute Gasteiger partial charge is 0.257 e. The first-order valence-electron chi connectivity index (χ1n) is 5.71. The van der Waals surface area contributed by atoms with E-state index < -0.39 is 0 Å². The van der Waals surface area contributed by atoms with Crippen LogP contribution in [-0.4, -0.2) is 9.97 Å². The maximum atomic E-state index is 5.67. The molecule has 4 heteroatoms. The van der Waals surface area contributed by atoms with Gasteiger partial charge in [-0.3, -0.25) is 4.98 Å². The van der Waals surface area contributed by atoms with Crippen molar-refractivity contribution < 1.29 is 4.42 Å². The van der Waals surface area contributed by atoms with Crippen LogP contribution in [0.3, 0.4) is 0 Å². The van der Waals surface area contributed by atoms with Gasteiger partial charge in [0.15, 0.2) is 5.58 Å². The third kappa shape index (κ3) is 2.38. The van der Waals surface area contributed by atoms with E-state index in [1.54, 1.807) is 18.0 Å². The summed E-state index contributed by atoms with van der Waals surface area (Å²) in [5, 5.41) is 0.696. The van der Waals surface area contributed by atoms with Crippen LogP contribution in [0.2, 0.25) is 0 Å². The molecular formula is C14H12N2OS. The van der Waals surface area contributed by atoms with Crippen LogP contribution in [-0.2, 0) is 5.75 Å². The Labute approximate surface area is 109 Å². The lowest BCUT2D eigenvalue weighted by molar-refractivity contribution is 0.489. The number of hydrogen-bond donors (Lipinski definition) is 0. The van der Waals surface area contributed by atoms with E-state index >= 15 is 0 Å². The SMILES string of the molecule is Cc1ccc2oc(SCc3ccccn3)nc2c1. The second-order valence-electron chi connectivity index (χ2n) is 4.06. The minimum absolute atomic E-state index is 0.696. The molecule has 0 fully saturated rings. The molecule has 0 atom stereocenters. The molecule has 0 amide bonds. The van der Waals surface area contributed by atoms with E-state index in [2.05, 4.69) is 16.9 Å². The first-order valence-corrected chi connectivity index (χ1v) is 6.70. The Balaban J connectivity index is 1.79. The van der Waals surface area contributed by atoms with Crippen molar-refractivity contribution in [1.82, 2.24) is 9.97 Å². The van der Waals surface area contributed by atoms with Crippen molar-refractivity contribution in [2.75, 3.05) is 0 Å². The molecule has 0 aliphatic heterocycles. The van der Waals surface area contributed by atoms with Gasteiger partial charge in [0.1, 0.15) is 5.52 Å². The van der Waals surface area contributed by atoms with Gasteiger partial charge in [-0.25, -0.2) is 4.98 Å². The third-order valence-corrected chi connectivity index (χ3v) is 3.45. The average molecular weight is 256 g/mol. The first kappa shape index (κ1) is 11.3. The van der Waals surface area contributed by atoms with Gasteiger partial charge >= 0.3 is 0 Å². The quantitative estimate of drug-likeness (QED) is 0.668. The van der Waals surface area contributed by atoms with E-state index in [-0.39, 0.29) is 0 Å². The summed E-state index contributed by atoms with van der Waals surface area (Å²) in [4.78, 5) is 8.73. The Morgan fingerprint density at radius 1 is 1.22 bits per heavy atom. The van der Waals surface area contributed by atoms with Gasteiger partial charge in [-0.15, -0.1) is 0 Å². The van der Waals surface area contributed by atoms with E-state index in [1.807, 2.05) is 36.4 Å². The van der Waals surface area contributed by atoms with Crippen LogP contribution in [0.25, 0.3) is 11.1 Å². The first-order chi connectivity index (χ1) is 8.81. The number of pyridine rings is 1. The zero-order valence-electron chi connectivity index (χ0n) is 9.96. The molecule has 3 rings (SSSR count). The van der Waals surface area contributed by atoms with Gasteiger partial charge in [-0.05, 0) is 36.8 Å². The van der Waals surface area contributed by atoms with Crippen LogP contribution >= 0.6 is 11.8 Å². The van der Waals surface area contributed by atoms with Gasteiger partial charge in [-0.2, -0.15) is 0 Å². The summed E-state index contributed by atoms with van der Waals surface area (Å²) >= 11 is 1.56. The number of thioether (sulfide) groups is 1. The minimum atomic E-state index is 0.696. The molecule has 0 radical (unpaired) electrons. The Morgan fingerprint density at radius 3 is 3.00 bits per heavy atom. The number of nitrogens with zero attached hydrogens (tertiary/aromatic N) is 2. The van der Waals surface area contributed by atoms with E-state index in [0.717, 1.165) is 22.5 Å². The van der Waals surface area contributed by atoms with Crippen LogP contribution < -0.4 is 0 Å². The molecule has 0 saturated heterocycles. The number of rotatable bonds is 3. The van der Waals surface area contributed by atoms with Crippen molar-refractivity contribution in [3.63, 3.8) is 0 Å². The van der Waals surface area contributed by atoms with E-state index in [9.17, 15) is 0 Å². The highest BCUT2D eigenvalue weighted by molar-refractivity contribution is 7.98. The fourth-order valence-electron chi connectivity index (χ4n) is 1.70. The standard InChI is InChI=1S/C14H12N2OS/c1-10-5-6-13-12(8-10)16-14(17-13)18-9-11-4-2-3-7-15-11/h2-8H,9H2,1H3. The molecule has 0 aliphatic carbocycles. The summed E-state index contributed by atoms with van der Waals surface area (Å²) in [7, 11) is 0. The molecule has 2 aromatic heterocycles. The minimum Gasteiger partial charge on any atom is -0.431 e. The number of aromatic nitrogens is 2. The number of oxazole rings is 1. The zero-order chi connectivity index (χ0) is 12.4. The van der Waals surface area contributed by atoms with Gasteiger partial charge in [-0.1, -0.05) is 23.9 Å².